The van der Waals surface area contributed by atoms with Crippen LogP contribution in [0.1, 0.15) is 21.6 Å². The van der Waals surface area contributed by atoms with E-state index < -0.39 is 0 Å². The van der Waals surface area contributed by atoms with Gasteiger partial charge in [-0.05, 0) is 42.8 Å². The van der Waals surface area contributed by atoms with Gasteiger partial charge in [0.2, 0.25) is 0 Å². The van der Waals surface area contributed by atoms with Crippen LogP contribution >= 0.6 is 11.8 Å². The molecule has 1 N–H and O–H groups in total. The van der Waals surface area contributed by atoms with Gasteiger partial charge in [0, 0.05) is 36.2 Å². The number of hydrogen-bond donors (Lipinski definition) is 1. The van der Waals surface area contributed by atoms with Gasteiger partial charge in [-0.2, -0.15) is 5.26 Å². The number of nitrogens with zero attached hydrogens (tertiary/aromatic N) is 4. The van der Waals surface area contributed by atoms with E-state index in [2.05, 4.69) is 15.3 Å². The van der Waals surface area contributed by atoms with Crippen LogP contribution in [0.3, 0.4) is 0 Å². The molecule has 1 amide bonds. The Bertz CT molecular complexity index is 956. The van der Waals surface area contributed by atoms with Gasteiger partial charge in [-0.3, -0.25) is 4.79 Å². The molecule has 7 heteroatoms. The summed E-state index contributed by atoms with van der Waals surface area (Å²) in [6, 6.07) is 10.9. The minimum absolute atomic E-state index is 0.268. The van der Waals surface area contributed by atoms with Crippen molar-refractivity contribution in [2.45, 2.75) is 17.0 Å². The quantitative estimate of drug-likeness (QED) is 0.780. The first-order valence-corrected chi connectivity index (χ1v) is 8.32. The van der Waals surface area contributed by atoms with Crippen LogP contribution in [0.4, 0.5) is 5.69 Å². The van der Waals surface area contributed by atoms with Crippen LogP contribution in [0.5, 0.6) is 0 Å². The average molecular weight is 349 g/mol. The number of imidazole rings is 1. The fourth-order valence-electron chi connectivity index (χ4n) is 2.18. The Labute approximate surface area is 149 Å². The van der Waals surface area contributed by atoms with Crippen molar-refractivity contribution in [1.29, 1.82) is 5.26 Å². The minimum atomic E-state index is -0.308. The lowest BCUT2D eigenvalue weighted by Gasteiger charge is -2.10. The maximum Gasteiger partial charge on any atom is 0.274 e. The molecule has 0 unspecified atom stereocenters. The Morgan fingerprint density at radius 1 is 1.28 bits per heavy atom. The summed E-state index contributed by atoms with van der Waals surface area (Å²) >= 11 is 1.56. The highest BCUT2D eigenvalue weighted by Crippen LogP contribution is 2.29. The second kappa shape index (κ2) is 7.20. The summed E-state index contributed by atoms with van der Waals surface area (Å²) in [4.78, 5) is 21.6. The molecule has 0 bridgehead atoms. The van der Waals surface area contributed by atoms with Crippen LogP contribution < -0.4 is 5.32 Å². The number of benzene rings is 1. The normalized spacial score (nSPS) is 10.3. The fraction of sp³-hybridized carbons (Fsp3) is 0.111. The number of nitriles is 1. The Hall–Kier alpha value is -3.11. The van der Waals surface area contributed by atoms with Crippen LogP contribution in [-0.4, -0.2) is 20.4 Å². The third-order valence-corrected chi connectivity index (χ3v) is 4.62. The van der Waals surface area contributed by atoms with E-state index in [9.17, 15) is 4.79 Å². The van der Waals surface area contributed by atoms with Crippen molar-refractivity contribution in [1.82, 2.24) is 14.5 Å². The third-order valence-electron chi connectivity index (χ3n) is 3.56. The van der Waals surface area contributed by atoms with Crippen molar-refractivity contribution in [3.8, 4) is 6.07 Å². The summed E-state index contributed by atoms with van der Waals surface area (Å²) < 4.78 is 1.95. The molecule has 0 aliphatic heterocycles. The van der Waals surface area contributed by atoms with Gasteiger partial charge in [-0.25, -0.2) is 9.97 Å². The highest BCUT2D eigenvalue weighted by Gasteiger charge is 2.10. The van der Waals surface area contributed by atoms with Gasteiger partial charge >= 0.3 is 0 Å². The smallest absolute Gasteiger partial charge is 0.274 e. The maximum atomic E-state index is 12.3. The highest BCUT2D eigenvalue weighted by atomic mass is 32.2. The first-order valence-electron chi connectivity index (χ1n) is 7.50. The third kappa shape index (κ3) is 3.87. The molecule has 0 spiro atoms. The molecule has 0 aliphatic rings. The van der Waals surface area contributed by atoms with E-state index in [4.69, 9.17) is 5.26 Å². The van der Waals surface area contributed by atoms with Gasteiger partial charge in [-0.1, -0.05) is 11.8 Å². The highest BCUT2D eigenvalue weighted by molar-refractivity contribution is 7.99. The number of carbonyl (C=O) groups is 1. The zero-order valence-electron chi connectivity index (χ0n) is 13.7. The number of aromatic nitrogens is 3. The lowest BCUT2D eigenvalue weighted by Crippen LogP contribution is -2.14. The summed E-state index contributed by atoms with van der Waals surface area (Å²) in [6.45, 7) is 1.93. The molecule has 3 rings (SSSR count). The SMILES string of the molecule is Cc1cc(Sc2nccn2C)ccc1NC(=O)c1ccc(C#N)cn1. The lowest BCUT2D eigenvalue weighted by molar-refractivity contribution is 0.102. The van der Waals surface area contributed by atoms with Crippen molar-refractivity contribution in [2.75, 3.05) is 5.32 Å². The van der Waals surface area contributed by atoms with Crippen molar-refractivity contribution in [3.05, 3.63) is 65.7 Å². The number of aryl methyl sites for hydroxylation is 2. The lowest BCUT2D eigenvalue weighted by atomic mass is 10.2. The Balaban J connectivity index is 1.73. The first kappa shape index (κ1) is 16.7. The number of rotatable bonds is 4. The predicted molar refractivity (Wildman–Crippen MR) is 95.4 cm³/mol. The van der Waals surface area contributed by atoms with E-state index in [1.807, 2.05) is 49.0 Å². The molecule has 0 saturated carbocycles. The van der Waals surface area contributed by atoms with Crippen LogP contribution in [0.15, 0.2) is 59.0 Å². The van der Waals surface area contributed by atoms with Crippen LogP contribution in [0.25, 0.3) is 0 Å². The summed E-state index contributed by atoms with van der Waals surface area (Å²) in [6.07, 6.45) is 5.04. The number of anilines is 1. The second-order valence-corrected chi connectivity index (χ2v) is 6.44. The van der Waals surface area contributed by atoms with Gasteiger partial charge in [0.1, 0.15) is 11.8 Å². The Kier molecular flexibility index (Phi) is 4.82. The predicted octanol–water partition coefficient (Wildman–Crippen LogP) is 3.40. The van der Waals surface area contributed by atoms with E-state index in [1.165, 1.54) is 12.3 Å². The molecule has 1 aromatic carbocycles. The summed E-state index contributed by atoms with van der Waals surface area (Å²) in [5, 5.41) is 12.5. The molecule has 0 radical (unpaired) electrons. The van der Waals surface area contributed by atoms with Gasteiger partial charge in [-0.15, -0.1) is 0 Å². The molecule has 3 aromatic rings. The van der Waals surface area contributed by atoms with Crippen molar-refractivity contribution >= 4 is 23.4 Å². The van der Waals surface area contributed by atoms with Gasteiger partial charge in [0.15, 0.2) is 5.16 Å². The summed E-state index contributed by atoms with van der Waals surface area (Å²) in [5.74, 6) is -0.308. The van der Waals surface area contributed by atoms with E-state index in [0.29, 0.717) is 5.56 Å². The van der Waals surface area contributed by atoms with Crippen LogP contribution in [-0.2, 0) is 7.05 Å². The molecule has 2 aromatic heterocycles. The van der Waals surface area contributed by atoms with Crippen molar-refractivity contribution < 1.29 is 4.79 Å². The van der Waals surface area contributed by atoms with Crippen LogP contribution in [0, 0.1) is 18.3 Å². The maximum absolute atomic E-state index is 12.3. The minimum Gasteiger partial charge on any atom is -0.329 e. The molecule has 0 saturated heterocycles. The number of hydrogen-bond acceptors (Lipinski definition) is 5. The molecular weight excluding hydrogens is 334 g/mol. The molecule has 124 valence electrons. The molecular formula is C18H15N5OS. The topological polar surface area (TPSA) is 83.6 Å². The monoisotopic (exact) mass is 349 g/mol. The van der Waals surface area contributed by atoms with Gasteiger partial charge in [0.05, 0.1) is 5.56 Å². The first-order chi connectivity index (χ1) is 12.1. The fourth-order valence-corrected chi connectivity index (χ4v) is 3.08. The molecule has 6 nitrogen and oxygen atoms in total. The molecule has 2 heterocycles. The number of nitrogens with one attached hydrogen (secondary N) is 1. The van der Waals surface area contributed by atoms with Gasteiger partial charge < -0.3 is 9.88 Å². The Morgan fingerprint density at radius 2 is 2.12 bits per heavy atom. The summed E-state index contributed by atoms with van der Waals surface area (Å²) in [5.41, 5.74) is 2.36. The molecule has 0 atom stereocenters. The Morgan fingerprint density at radius 3 is 2.72 bits per heavy atom. The zero-order valence-corrected chi connectivity index (χ0v) is 14.5. The van der Waals surface area contributed by atoms with Crippen LogP contribution in [0.2, 0.25) is 0 Å². The second-order valence-electron chi connectivity index (χ2n) is 5.40. The average Bonchev–Trinajstić information content (AvgIpc) is 3.02. The van der Waals surface area contributed by atoms with E-state index in [0.717, 1.165) is 21.3 Å². The van der Waals surface area contributed by atoms with E-state index in [1.54, 1.807) is 24.0 Å². The van der Waals surface area contributed by atoms with Crippen molar-refractivity contribution in [2.24, 2.45) is 7.05 Å². The zero-order chi connectivity index (χ0) is 17.8. The number of pyridine rings is 1. The molecule has 0 fully saturated rings. The van der Waals surface area contributed by atoms with E-state index >= 15 is 0 Å². The molecule has 25 heavy (non-hydrogen) atoms. The number of carbonyl (C=O) groups excluding carboxylic acids is 1. The summed E-state index contributed by atoms with van der Waals surface area (Å²) in [7, 11) is 1.95. The molecule has 0 aliphatic carbocycles. The standard InChI is InChI=1S/C18H15N5OS/c1-12-9-14(25-18-20-7-8-23(18)2)4-6-15(12)22-17(24)16-5-3-13(10-19)11-21-16/h3-9,11H,1-2H3,(H,22,24). The largest absolute Gasteiger partial charge is 0.329 e. The van der Waals surface area contributed by atoms with Crippen molar-refractivity contribution in [3.63, 3.8) is 0 Å². The number of amides is 1. The van der Waals surface area contributed by atoms with Gasteiger partial charge in [0.25, 0.3) is 5.91 Å². The van der Waals surface area contributed by atoms with E-state index in [-0.39, 0.29) is 11.6 Å².